The minimum Gasteiger partial charge on any atom is -0.324 e. The lowest BCUT2D eigenvalue weighted by Gasteiger charge is -2.24. The Morgan fingerprint density at radius 1 is 1.43 bits per heavy atom. The Balaban J connectivity index is 2.12. The first-order chi connectivity index (χ1) is 10.0. The molecule has 0 spiro atoms. The van der Waals surface area contributed by atoms with Crippen LogP contribution in [0.15, 0.2) is 12.1 Å². The maximum Gasteiger partial charge on any atom is 0.184 e. The van der Waals surface area contributed by atoms with Crippen LogP contribution in [0.1, 0.15) is 25.6 Å². The summed E-state index contributed by atoms with van der Waals surface area (Å²) in [7, 11) is 0. The summed E-state index contributed by atoms with van der Waals surface area (Å²) in [5.74, 6) is 0.623. The fourth-order valence-corrected chi connectivity index (χ4v) is 4.41. The van der Waals surface area contributed by atoms with E-state index < -0.39 is 11.6 Å². The molecule has 2 aromatic rings. The summed E-state index contributed by atoms with van der Waals surface area (Å²) >= 11 is 7.72. The SMILES string of the molecule is CC1(Cn2c(CCCl)nc3ccc(F)c(F)c32)CCCS1. The van der Waals surface area contributed by atoms with Gasteiger partial charge in [-0.05, 0) is 37.7 Å². The van der Waals surface area contributed by atoms with Crippen molar-refractivity contribution >= 4 is 34.4 Å². The largest absolute Gasteiger partial charge is 0.324 e. The van der Waals surface area contributed by atoms with Gasteiger partial charge >= 0.3 is 0 Å². The Hall–Kier alpha value is -0.810. The van der Waals surface area contributed by atoms with E-state index in [2.05, 4.69) is 11.9 Å². The number of thioether (sulfide) groups is 1. The van der Waals surface area contributed by atoms with Gasteiger partial charge in [0.05, 0.1) is 5.52 Å². The number of fused-ring (bicyclic) bond motifs is 1. The molecule has 0 saturated carbocycles. The normalized spacial score (nSPS) is 22.3. The molecule has 3 rings (SSSR count). The molecule has 1 saturated heterocycles. The average Bonchev–Trinajstić information content (AvgIpc) is 3.01. The van der Waals surface area contributed by atoms with Crippen molar-refractivity contribution in [1.29, 1.82) is 0 Å². The quantitative estimate of drug-likeness (QED) is 0.774. The molecule has 6 heteroatoms. The first-order valence-corrected chi connectivity index (χ1v) is 8.59. The van der Waals surface area contributed by atoms with E-state index in [1.54, 1.807) is 0 Å². The molecule has 1 atom stereocenters. The van der Waals surface area contributed by atoms with Crippen molar-refractivity contribution in [2.45, 2.75) is 37.5 Å². The third-order valence-electron chi connectivity index (χ3n) is 3.99. The summed E-state index contributed by atoms with van der Waals surface area (Å²) in [6.07, 6.45) is 2.79. The van der Waals surface area contributed by atoms with Crippen molar-refractivity contribution in [1.82, 2.24) is 9.55 Å². The smallest absolute Gasteiger partial charge is 0.184 e. The van der Waals surface area contributed by atoms with Crippen molar-refractivity contribution in [2.24, 2.45) is 0 Å². The van der Waals surface area contributed by atoms with Crippen LogP contribution < -0.4 is 0 Å². The van der Waals surface area contributed by atoms with Crippen molar-refractivity contribution in [3.05, 3.63) is 29.6 Å². The van der Waals surface area contributed by atoms with Gasteiger partial charge in [0.2, 0.25) is 0 Å². The Bertz CT molecular complexity index is 665. The molecule has 114 valence electrons. The fourth-order valence-electron chi connectivity index (χ4n) is 2.95. The molecule has 1 aromatic carbocycles. The highest BCUT2D eigenvalue weighted by Gasteiger charge is 2.32. The van der Waals surface area contributed by atoms with E-state index in [9.17, 15) is 8.78 Å². The van der Waals surface area contributed by atoms with Gasteiger partial charge < -0.3 is 4.57 Å². The lowest BCUT2D eigenvalue weighted by Crippen LogP contribution is -2.25. The maximum atomic E-state index is 14.2. The summed E-state index contributed by atoms with van der Waals surface area (Å²) in [6.45, 7) is 2.82. The second-order valence-electron chi connectivity index (χ2n) is 5.68. The van der Waals surface area contributed by atoms with E-state index >= 15 is 0 Å². The molecule has 2 heterocycles. The van der Waals surface area contributed by atoms with Gasteiger partial charge in [-0.2, -0.15) is 11.8 Å². The van der Waals surface area contributed by atoms with Crippen LogP contribution in [0.5, 0.6) is 0 Å². The first-order valence-electron chi connectivity index (χ1n) is 7.07. The third-order valence-corrected chi connectivity index (χ3v) is 5.70. The van der Waals surface area contributed by atoms with Crippen LogP contribution in [0.2, 0.25) is 0 Å². The zero-order valence-electron chi connectivity index (χ0n) is 11.8. The molecule has 0 bridgehead atoms. The standard InChI is InChI=1S/C15H17ClF2N2S/c1-15(6-2-8-21-15)9-20-12(5-7-16)19-11-4-3-10(17)13(18)14(11)20/h3-4H,2,5-9H2,1H3. The van der Waals surface area contributed by atoms with Gasteiger partial charge in [0.15, 0.2) is 11.6 Å². The van der Waals surface area contributed by atoms with Crippen molar-refractivity contribution in [2.75, 3.05) is 11.6 Å². The molecule has 1 aromatic heterocycles. The van der Waals surface area contributed by atoms with Gasteiger partial charge in [-0.1, -0.05) is 0 Å². The van der Waals surface area contributed by atoms with Crippen molar-refractivity contribution in [3.8, 4) is 0 Å². The van der Waals surface area contributed by atoms with Gasteiger partial charge in [-0.15, -0.1) is 11.6 Å². The summed E-state index contributed by atoms with van der Waals surface area (Å²) in [6, 6.07) is 2.66. The van der Waals surface area contributed by atoms with Gasteiger partial charge in [0.25, 0.3) is 0 Å². The second-order valence-corrected chi connectivity index (χ2v) is 7.74. The summed E-state index contributed by atoms with van der Waals surface area (Å²) < 4.78 is 29.7. The van der Waals surface area contributed by atoms with Crippen LogP contribution >= 0.6 is 23.4 Å². The topological polar surface area (TPSA) is 17.8 Å². The number of aryl methyl sites for hydroxylation is 1. The minimum atomic E-state index is -0.828. The molecular formula is C15H17ClF2N2S. The Kier molecular flexibility index (Phi) is 4.14. The van der Waals surface area contributed by atoms with Crippen molar-refractivity contribution in [3.63, 3.8) is 0 Å². The highest BCUT2D eigenvalue weighted by atomic mass is 35.5. The minimum absolute atomic E-state index is 0.0491. The highest BCUT2D eigenvalue weighted by molar-refractivity contribution is 8.00. The molecule has 0 radical (unpaired) electrons. The number of alkyl halides is 1. The number of halogens is 3. The van der Waals surface area contributed by atoms with Crippen LogP contribution in [0.25, 0.3) is 11.0 Å². The summed E-state index contributed by atoms with van der Waals surface area (Å²) in [5.41, 5.74) is 0.768. The van der Waals surface area contributed by atoms with Crippen LogP contribution in [-0.4, -0.2) is 25.9 Å². The zero-order valence-corrected chi connectivity index (χ0v) is 13.4. The highest BCUT2D eigenvalue weighted by Crippen LogP contribution is 2.40. The molecule has 1 unspecified atom stereocenters. The first kappa shape index (κ1) is 15.1. The summed E-state index contributed by atoms with van der Waals surface area (Å²) in [5, 5.41) is 0. The molecule has 1 aliphatic rings. The number of nitrogens with zero attached hydrogens (tertiary/aromatic N) is 2. The molecule has 1 aliphatic heterocycles. The van der Waals surface area contributed by atoms with Gasteiger partial charge in [0, 0.05) is 23.6 Å². The molecule has 0 aliphatic carbocycles. The van der Waals surface area contributed by atoms with Crippen molar-refractivity contribution < 1.29 is 8.78 Å². The van der Waals surface area contributed by atoms with E-state index in [0.717, 1.165) is 30.5 Å². The van der Waals surface area contributed by atoms with Gasteiger partial charge in [-0.25, -0.2) is 13.8 Å². The third kappa shape index (κ3) is 2.78. The number of hydrogen-bond acceptors (Lipinski definition) is 2. The number of benzene rings is 1. The number of aromatic nitrogens is 2. The monoisotopic (exact) mass is 330 g/mol. The Morgan fingerprint density at radius 3 is 2.90 bits per heavy atom. The molecule has 2 nitrogen and oxygen atoms in total. The maximum absolute atomic E-state index is 14.2. The molecule has 0 N–H and O–H groups in total. The van der Waals surface area contributed by atoms with Crippen LogP contribution in [0.3, 0.4) is 0 Å². The van der Waals surface area contributed by atoms with Crippen LogP contribution in [0.4, 0.5) is 8.78 Å². The predicted molar refractivity (Wildman–Crippen MR) is 84.2 cm³/mol. The molecule has 1 fully saturated rings. The van der Waals surface area contributed by atoms with Crippen LogP contribution in [-0.2, 0) is 13.0 Å². The number of imidazole rings is 1. The average molecular weight is 331 g/mol. The molecular weight excluding hydrogens is 314 g/mol. The predicted octanol–water partition coefficient (Wildman–Crippen LogP) is 4.38. The number of rotatable bonds is 4. The summed E-state index contributed by atoms with van der Waals surface area (Å²) in [4.78, 5) is 4.44. The van der Waals surface area contributed by atoms with E-state index in [4.69, 9.17) is 11.6 Å². The van der Waals surface area contributed by atoms with Gasteiger partial charge in [-0.3, -0.25) is 0 Å². The Morgan fingerprint density at radius 2 is 2.24 bits per heavy atom. The fraction of sp³-hybridized carbons (Fsp3) is 0.533. The number of hydrogen-bond donors (Lipinski definition) is 0. The molecule has 21 heavy (non-hydrogen) atoms. The van der Waals surface area contributed by atoms with E-state index in [1.807, 2.05) is 16.3 Å². The van der Waals surface area contributed by atoms with E-state index in [0.29, 0.717) is 24.4 Å². The lowest BCUT2D eigenvalue weighted by atomic mass is 10.1. The van der Waals surface area contributed by atoms with Gasteiger partial charge in [0.1, 0.15) is 11.3 Å². The van der Waals surface area contributed by atoms with E-state index in [1.165, 1.54) is 6.07 Å². The molecule has 0 amide bonds. The van der Waals surface area contributed by atoms with Crippen LogP contribution in [0, 0.1) is 11.6 Å². The van der Waals surface area contributed by atoms with E-state index in [-0.39, 0.29) is 10.3 Å². The lowest BCUT2D eigenvalue weighted by molar-refractivity contribution is 0.487. The zero-order chi connectivity index (χ0) is 15.0. The Labute approximate surface area is 131 Å². The second kappa shape index (κ2) is 5.76.